The third-order valence-corrected chi connectivity index (χ3v) is 2.46. The lowest BCUT2D eigenvalue weighted by Gasteiger charge is -2.39. The summed E-state index contributed by atoms with van der Waals surface area (Å²) in [7, 11) is 0. The van der Waals surface area contributed by atoms with Gasteiger partial charge in [0.25, 0.3) is 0 Å². The summed E-state index contributed by atoms with van der Waals surface area (Å²) >= 11 is 0. The van der Waals surface area contributed by atoms with Crippen LogP contribution in [0.4, 0.5) is 10.2 Å². The number of nitrogens with zero attached hydrogens (tertiary/aromatic N) is 3. The Bertz CT molecular complexity index is 339. The van der Waals surface area contributed by atoms with E-state index in [1.807, 2.05) is 4.90 Å². The summed E-state index contributed by atoms with van der Waals surface area (Å²) < 4.78 is 13.5. The third-order valence-electron chi connectivity index (χ3n) is 2.46. The number of hydrogen-bond acceptors (Lipinski definition) is 4. The van der Waals surface area contributed by atoms with Gasteiger partial charge in [0.05, 0.1) is 5.69 Å². The van der Waals surface area contributed by atoms with Crippen molar-refractivity contribution in [1.82, 2.24) is 9.97 Å². The summed E-state index contributed by atoms with van der Waals surface area (Å²) in [6.45, 7) is 3.11. The minimum atomic E-state index is -0.358. The van der Waals surface area contributed by atoms with Crippen LogP contribution in [0, 0.1) is 18.7 Å². The van der Waals surface area contributed by atoms with Crippen molar-refractivity contribution in [2.75, 3.05) is 24.6 Å². The van der Waals surface area contributed by atoms with E-state index in [1.54, 1.807) is 6.92 Å². The van der Waals surface area contributed by atoms with Crippen LogP contribution >= 0.6 is 0 Å². The maximum absolute atomic E-state index is 13.5. The van der Waals surface area contributed by atoms with E-state index in [0.29, 0.717) is 24.6 Å². The fourth-order valence-corrected chi connectivity index (χ4v) is 1.52. The molecule has 0 aliphatic carbocycles. The molecule has 1 aliphatic heterocycles. The second-order valence-electron chi connectivity index (χ2n) is 3.55. The van der Waals surface area contributed by atoms with E-state index in [-0.39, 0.29) is 18.3 Å². The Morgan fingerprint density at radius 1 is 1.57 bits per heavy atom. The molecule has 76 valence electrons. The molecule has 5 heteroatoms. The summed E-state index contributed by atoms with van der Waals surface area (Å²) in [6, 6.07) is 0. The molecule has 2 heterocycles. The fourth-order valence-electron chi connectivity index (χ4n) is 1.52. The molecule has 1 N–H and O–H groups in total. The highest BCUT2D eigenvalue weighted by Gasteiger charge is 2.29. The fraction of sp³-hybridized carbons (Fsp3) is 0.556. The van der Waals surface area contributed by atoms with Crippen LogP contribution in [0.3, 0.4) is 0 Å². The summed E-state index contributed by atoms with van der Waals surface area (Å²) in [4.78, 5) is 9.46. The van der Waals surface area contributed by atoms with Gasteiger partial charge >= 0.3 is 0 Å². The molecular formula is C9H12FN3O. The van der Waals surface area contributed by atoms with Crippen molar-refractivity contribution in [1.29, 1.82) is 0 Å². The number of aliphatic hydroxyl groups is 1. The molecule has 1 aromatic rings. The average Bonchev–Trinajstić information content (AvgIpc) is 2.10. The van der Waals surface area contributed by atoms with E-state index in [1.165, 1.54) is 6.33 Å². The number of rotatable bonds is 2. The lowest BCUT2D eigenvalue weighted by Crippen LogP contribution is -2.49. The number of aliphatic hydroxyl groups excluding tert-OH is 1. The number of aromatic nitrogens is 2. The molecule has 0 bridgehead atoms. The van der Waals surface area contributed by atoms with Crippen LogP contribution in [-0.4, -0.2) is 34.8 Å². The first-order valence-electron chi connectivity index (χ1n) is 4.55. The number of aryl methyl sites for hydroxylation is 1. The van der Waals surface area contributed by atoms with Gasteiger partial charge in [0.1, 0.15) is 6.33 Å². The molecule has 1 aliphatic rings. The molecular weight excluding hydrogens is 185 g/mol. The predicted molar refractivity (Wildman–Crippen MR) is 49.5 cm³/mol. The third kappa shape index (κ3) is 1.43. The normalized spacial score (nSPS) is 16.9. The molecule has 1 aromatic heterocycles. The Hall–Kier alpha value is -1.23. The van der Waals surface area contributed by atoms with Gasteiger partial charge in [0, 0.05) is 25.6 Å². The highest BCUT2D eigenvalue weighted by molar-refractivity contribution is 5.43. The second-order valence-corrected chi connectivity index (χ2v) is 3.55. The average molecular weight is 197 g/mol. The van der Waals surface area contributed by atoms with Gasteiger partial charge in [-0.3, -0.25) is 0 Å². The summed E-state index contributed by atoms with van der Waals surface area (Å²) in [5, 5.41) is 8.82. The predicted octanol–water partition coefficient (Wildman–Crippen LogP) is 0.353. The highest BCUT2D eigenvalue weighted by atomic mass is 19.1. The van der Waals surface area contributed by atoms with Crippen LogP contribution in [0.5, 0.6) is 0 Å². The zero-order valence-electron chi connectivity index (χ0n) is 7.94. The van der Waals surface area contributed by atoms with Crippen molar-refractivity contribution in [3.63, 3.8) is 0 Å². The largest absolute Gasteiger partial charge is 0.396 e. The van der Waals surface area contributed by atoms with E-state index in [2.05, 4.69) is 9.97 Å². The Labute approximate surface area is 81.4 Å². The van der Waals surface area contributed by atoms with Crippen molar-refractivity contribution in [3.8, 4) is 0 Å². The van der Waals surface area contributed by atoms with Gasteiger partial charge in [0.2, 0.25) is 0 Å². The van der Waals surface area contributed by atoms with Crippen LogP contribution in [-0.2, 0) is 0 Å². The SMILES string of the molecule is Cc1ncnc(N2CC(CO)C2)c1F. The number of hydrogen-bond donors (Lipinski definition) is 1. The molecule has 1 saturated heterocycles. The van der Waals surface area contributed by atoms with Crippen LogP contribution in [0.1, 0.15) is 5.69 Å². The van der Waals surface area contributed by atoms with Crippen molar-refractivity contribution in [3.05, 3.63) is 17.8 Å². The summed E-state index contributed by atoms with van der Waals surface area (Å²) in [5.74, 6) is 0.246. The Kier molecular flexibility index (Phi) is 2.33. The highest BCUT2D eigenvalue weighted by Crippen LogP contribution is 2.25. The van der Waals surface area contributed by atoms with Crippen LogP contribution in [0.15, 0.2) is 6.33 Å². The minimum Gasteiger partial charge on any atom is -0.396 e. The smallest absolute Gasteiger partial charge is 0.186 e. The first kappa shape index (κ1) is 9.33. The van der Waals surface area contributed by atoms with E-state index in [4.69, 9.17) is 5.11 Å². The maximum Gasteiger partial charge on any atom is 0.186 e. The van der Waals surface area contributed by atoms with Gasteiger partial charge in [-0.15, -0.1) is 0 Å². The molecule has 0 unspecified atom stereocenters. The topological polar surface area (TPSA) is 49.2 Å². The molecule has 0 atom stereocenters. The van der Waals surface area contributed by atoms with Gasteiger partial charge in [-0.05, 0) is 6.92 Å². The van der Waals surface area contributed by atoms with Gasteiger partial charge in [-0.1, -0.05) is 0 Å². The quantitative estimate of drug-likeness (QED) is 0.743. The molecule has 2 rings (SSSR count). The van der Waals surface area contributed by atoms with E-state index >= 15 is 0 Å². The molecule has 0 amide bonds. The monoisotopic (exact) mass is 197 g/mol. The molecule has 0 radical (unpaired) electrons. The molecule has 0 aromatic carbocycles. The summed E-state index contributed by atoms with van der Waals surface area (Å²) in [5.41, 5.74) is 0.363. The van der Waals surface area contributed by atoms with Crippen LogP contribution < -0.4 is 4.90 Å². The van der Waals surface area contributed by atoms with Crippen molar-refractivity contribution in [2.45, 2.75) is 6.92 Å². The van der Waals surface area contributed by atoms with E-state index in [0.717, 1.165) is 0 Å². The molecule has 14 heavy (non-hydrogen) atoms. The molecule has 0 saturated carbocycles. The second kappa shape index (κ2) is 3.49. The van der Waals surface area contributed by atoms with E-state index in [9.17, 15) is 4.39 Å². The molecule has 0 spiro atoms. The standard InChI is InChI=1S/C9H12FN3O/c1-6-8(10)9(12-5-11-6)13-2-7(3-13)4-14/h5,7,14H,2-4H2,1H3. The van der Waals surface area contributed by atoms with Gasteiger partial charge in [-0.25, -0.2) is 14.4 Å². The van der Waals surface area contributed by atoms with Crippen LogP contribution in [0.2, 0.25) is 0 Å². The van der Waals surface area contributed by atoms with Crippen molar-refractivity contribution >= 4 is 5.82 Å². The Morgan fingerprint density at radius 3 is 2.93 bits per heavy atom. The number of anilines is 1. The van der Waals surface area contributed by atoms with Gasteiger partial charge < -0.3 is 10.0 Å². The van der Waals surface area contributed by atoms with E-state index < -0.39 is 0 Å². The van der Waals surface area contributed by atoms with Gasteiger partial charge in [-0.2, -0.15) is 0 Å². The molecule has 1 fully saturated rings. The Morgan fingerprint density at radius 2 is 2.29 bits per heavy atom. The van der Waals surface area contributed by atoms with Crippen molar-refractivity contribution in [2.24, 2.45) is 5.92 Å². The maximum atomic E-state index is 13.5. The zero-order valence-corrected chi connectivity index (χ0v) is 7.94. The first-order valence-corrected chi connectivity index (χ1v) is 4.55. The lowest BCUT2D eigenvalue weighted by atomic mass is 10.0. The zero-order chi connectivity index (χ0) is 10.1. The summed E-state index contributed by atoms with van der Waals surface area (Å²) in [6.07, 6.45) is 1.36. The number of halogens is 1. The van der Waals surface area contributed by atoms with Crippen molar-refractivity contribution < 1.29 is 9.50 Å². The van der Waals surface area contributed by atoms with Gasteiger partial charge in [0.15, 0.2) is 11.6 Å². The first-order chi connectivity index (χ1) is 6.72. The molecule has 4 nitrogen and oxygen atoms in total. The van der Waals surface area contributed by atoms with Crippen LogP contribution in [0.25, 0.3) is 0 Å². The Balaban J connectivity index is 2.14. The minimum absolute atomic E-state index is 0.155. The lowest BCUT2D eigenvalue weighted by molar-refractivity contribution is 0.199.